The van der Waals surface area contributed by atoms with Crippen LogP contribution in [0.15, 0.2) is 18.3 Å². The molecular formula is C15H23ClN2O. The van der Waals surface area contributed by atoms with E-state index < -0.39 is 0 Å². The minimum Gasteiger partial charge on any atom is -0.350 e. The molecule has 1 rings (SSSR count). The summed E-state index contributed by atoms with van der Waals surface area (Å²) in [5, 5.41) is 3.46. The van der Waals surface area contributed by atoms with Crippen LogP contribution in [0.5, 0.6) is 0 Å². The highest BCUT2D eigenvalue weighted by Crippen LogP contribution is 2.22. The van der Waals surface area contributed by atoms with Crippen LogP contribution < -0.4 is 5.32 Å². The zero-order valence-corrected chi connectivity index (χ0v) is 12.8. The van der Waals surface area contributed by atoms with Crippen molar-refractivity contribution in [3.05, 3.63) is 29.0 Å². The number of hydrogen-bond donors (Lipinski definition) is 1. The SMILES string of the molecule is CCCCCC(C)(C)CNC(=O)c1cc(Cl)ccn1. The third-order valence-electron chi connectivity index (χ3n) is 3.14. The molecule has 4 heteroatoms. The molecule has 0 aliphatic carbocycles. The first-order valence-electron chi connectivity index (χ1n) is 6.84. The van der Waals surface area contributed by atoms with Gasteiger partial charge in [0.2, 0.25) is 0 Å². The Hall–Kier alpha value is -1.09. The van der Waals surface area contributed by atoms with E-state index in [0.29, 0.717) is 17.3 Å². The van der Waals surface area contributed by atoms with Gasteiger partial charge in [-0.3, -0.25) is 9.78 Å². The van der Waals surface area contributed by atoms with Gasteiger partial charge in [-0.2, -0.15) is 0 Å². The van der Waals surface area contributed by atoms with Crippen molar-refractivity contribution < 1.29 is 4.79 Å². The minimum absolute atomic E-state index is 0.114. The van der Waals surface area contributed by atoms with Gasteiger partial charge in [0.15, 0.2) is 0 Å². The van der Waals surface area contributed by atoms with Crippen molar-refractivity contribution in [2.24, 2.45) is 5.41 Å². The summed E-state index contributed by atoms with van der Waals surface area (Å²) in [5.74, 6) is -0.161. The van der Waals surface area contributed by atoms with E-state index in [-0.39, 0.29) is 11.3 Å². The Morgan fingerprint density at radius 2 is 2.16 bits per heavy atom. The maximum absolute atomic E-state index is 11.9. The summed E-state index contributed by atoms with van der Waals surface area (Å²) >= 11 is 5.84. The second-order valence-corrected chi connectivity index (χ2v) is 6.10. The fraction of sp³-hybridized carbons (Fsp3) is 0.600. The third-order valence-corrected chi connectivity index (χ3v) is 3.37. The number of halogens is 1. The number of amides is 1. The molecule has 1 heterocycles. The van der Waals surface area contributed by atoms with Crippen LogP contribution in [0.4, 0.5) is 0 Å². The average Bonchev–Trinajstić information content (AvgIpc) is 2.36. The van der Waals surface area contributed by atoms with E-state index in [2.05, 4.69) is 31.1 Å². The van der Waals surface area contributed by atoms with Gasteiger partial charge in [0.25, 0.3) is 5.91 Å². The number of nitrogens with zero attached hydrogens (tertiary/aromatic N) is 1. The van der Waals surface area contributed by atoms with Crippen LogP contribution >= 0.6 is 11.6 Å². The number of pyridine rings is 1. The topological polar surface area (TPSA) is 42.0 Å². The summed E-state index contributed by atoms with van der Waals surface area (Å²) in [6, 6.07) is 3.24. The molecule has 0 atom stereocenters. The second kappa shape index (κ2) is 7.49. The van der Waals surface area contributed by atoms with Gasteiger partial charge in [0.05, 0.1) is 0 Å². The van der Waals surface area contributed by atoms with Crippen molar-refractivity contribution in [3.8, 4) is 0 Å². The van der Waals surface area contributed by atoms with E-state index in [1.54, 1.807) is 18.3 Å². The molecule has 1 N–H and O–H groups in total. The number of aromatic nitrogens is 1. The van der Waals surface area contributed by atoms with Gasteiger partial charge in [-0.1, -0.05) is 51.6 Å². The van der Waals surface area contributed by atoms with E-state index in [9.17, 15) is 4.79 Å². The van der Waals surface area contributed by atoms with Crippen molar-refractivity contribution >= 4 is 17.5 Å². The highest BCUT2D eigenvalue weighted by Gasteiger charge is 2.19. The van der Waals surface area contributed by atoms with Gasteiger partial charge >= 0.3 is 0 Å². The highest BCUT2D eigenvalue weighted by atomic mass is 35.5. The maximum atomic E-state index is 11.9. The van der Waals surface area contributed by atoms with E-state index in [1.807, 2.05) is 0 Å². The number of rotatable bonds is 7. The van der Waals surface area contributed by atoms with Crippen molar-refractivity contribution in [1.29, 1.82) is 0 Å². The van der Waals surface area contributed by atoms with Crippen molar-refractivity contribution in [1.82, 2.24) is 10.3 Å². The predicted octanol–water partition coefficient (Wildman–Crippen LogP) is 4.07. The summed E-state index contributed by atoms with van der Waals surface area (Å²) in [6.45, 7) is 7.20. The van der Waals surface area contributed by atoms with E-state index in [1.165, 1.54) is 19.3 Å². The largest absolute Gasteiger partial charge is 0.350 e. The Kier molecular flexibility index (Phi) is 6.29. The molecule has 19 heavy (non-hydrogen) atoms. The molecule has 0 radical (unpaired) electrons. The lowest BCUT2D eigenvalue weighted by Crippen LogP contribution is -2.34. The standard InChI is InChI=1S/C15H23ClN2O/c1-4-5-6-8-15(2,3)11-18-14(19)13-10-12(16)7-9-17-13/h7,9-10H,4-6,8,11H2,1-3H3,(H,18,19). The molecule has 0 saturated carbocycles. The lowest BCUT2D eigenvalue weighted by Gasteiger charge is -2.24. The summed E-state index contributed by atoms with van der Waals surface area (Å²) in [4.78, 5) is 16.0. The number of hydrogen-bond acceptors (Lipinski definition) is 2. The Balaban J connectivity index is 2.45. The predicted molar refractivity (Wildman–Crippen MR) is 79.5 cm³/mol. The zero-order valence-electron chi connectivity index (χ0n) is 12.0. The number of unbranched alkanes of at least 4 members (excludes halogenated alkanes) is 2. The molecule has 3 nitrogen and oxygen atoms in total. The summed E-state index contributed by atoms with van der Waals surface area (Å²) < 4.78 is 0. The molecule has 0 unspecified atom stereocenters. The maximum Gasteiger partial charge on any atom is 0.269 e. The quantitative estimate of drug-likeness (QED) is 0.766. The molecule has 0 aliphatic heterocycles. The van der Waals surface area contributed by atoms with Crippen LogP contribution in [0.3, 0.4) is 0 Å². The fourth-order valence-electron chi connectivity index (χ4n) is 1.88. The van der Waals surface area contributed by atoms with E-state index >= 15 is 0 Å². The molecule has 1 amide bonds. The molecule has 0 saturated heterocycles. The van der Waals surface area contributed by atoms with Gasteiger partial charge in [-0.15, -0.1) is 0 Å². The van der Waals surface area contributed by atoms with Crippen LogP contribution in [0, 0.1) is 5.41 Å². The number of carbonyl (C=O) groups is 1. The Labute approximate surface area is 120 Å². The Morgan fingerprint density at radius 3 is 2.79 bits per heavy atom. The van der Waals surface area contributed by atoms with Gasteiger partial charge in [-0.05, 0) is 24.0 Å². The first kappa shape index (κ1) is 16.0. The first-order valence-corrected chi connectivity index (χ1v) is 7.22. The molecule has 106 valence electrons. The molecule has 0 spiro atoms. The lowest BCUT2D eigenvalue weighted by molar-refractivity contribution is 0.0929. The number of nitrogens with one attached hydrogen (secondary N) is 1. The molecule has 0 aromatic carbocycles. The van der Waals surface area contributed by atoms with Crippen molar-refractivity contribution in [2.45, 2.75) is 46.5 Å². The van der Waals surface area contributed by atoms with Crippen molar-refractivity contribution in [3.63, 3.8) is 0 Å². The Morgan fingerprint density at radius 1 is 1.42 bits per heavy atom. The molecule has 0 bridgehead atoms. The fourth-order valence-corrected chi connectivity index (χ4v) is 2.04. The second-order valence-electron chi connectivity index (χ2n) is 5.66. The number of carbonyl (C=O) groups excluding carboxylic acids is 1. The molecule has 1 aromatic rings. The normalized spacial score (nSPS) is 11.4. The Bertz CT molecular complexity index is 418. The smallest absolute Gasteiger partial charge is 0.269 e. The minimum atomic E-state index is -0.161. The third kappa shape index (κ3) is 6.06. The molecule has 1 aromatic heterocycles. The van der Waals surface area contributed by atoms with Gasteiger partial charge in [0, 0.05) is 17.8 Å². The molecule has 0 aliphatic rings. The molecule has 0 fully saturated rings. The van der Waals surface area contributed by atoms with Crippen LogP contribution in [0.1, 0.15) is 56.9 Å². The average molecular weight is 283 g/mol. The van der Waals surface area contributed by atoms with Crippen LogP contribution in [0.25, 0.3) is 0 Å². The summed E-state index contributed by atoms with van der Waals surface area (Å²) in [7, 11) is 0. The van der Waals surface area contributed by atoms with Gasteiger partial charge in [0.1, 0.15) is 5.69 Å². The first-order chi connectivity index (χ1) is 8.94. The van der Waals surface area contributed by atoms with E-state index in [4.69, 9.17) is 11.6 Å². The van der Waals surface area contributed by atoms with Crippen LogP contribution in [-0.4, -0.2) is 17.4 Å². The molecular weight excluding hydrogens is 260 g/mol. The lowest BCUT2D eigenvalue weighted by atomic mass is 9.87. The zero-order chi connectivity index (χ0) is 14.3. The summed E-state index contributed by atoms with van der Waals surface area (Å²) in [6.07, 6.45) is 6.32. The van der Waals surface area contributed by atoms with Crippen LogP contribution in [0.2, 0.25) is 5.02 Å². The van der Waals surface area contributed by atoms with Crippen molar-refractivity contribution in [2.75, 3.05) is 6.54 Å². The highest BCUT2D eigenvalue weighted by molar-refractivity contribution is 6.30. The van der Waals surface area contributed by atoms with E-state index in [0.717, 1.165) is 6.42 Å². The monoisotopic (exact) mass is 282 g/mol. The van der Waals surface area contributed by atoms with Crippen LogP contribution in [-0.2, 0) is 0 Å². The summed E-state index contributed by atoms with van der Waals surface area (Å²) in [5.41, 5.74) is 0.487. The van der Waals surface area contributed by atoms with Gasteiger partial charge in [-0.25, -0.2) is 0 Å². The van der Waals surface area contributed by atoms with Gasteiger partial charge < -0.3 is 5.32 Å².